The maximum Gasteiger partial charge on any atom is 0.228 e. The predicted octanol–water partition coefficient (Wildman–Crippen LogP) is 1.80. The van der Waals surface area contributed by atoms with Crippen molar-refractivity contribution in [2.24, 2.45) is 0 Å². The van der Waals surface area contributed by atoms with Crippen molar-refractivity contribution in [3.63, 3.8) is 0 Å². The molecule has 0 amide bonds. The Balaban J connectivity index is 3.08. The quantitative estimate of drug-likeness (QED) is 0.543. The van der Waals surface area contributed by atoms with Crippen LogP contribution < -0.4 is 0 Å². The molecule has 2 nitrogen and oxygen atoms in total. The van der Waals surface area contributed by atoms with Crippen LogP contribution in [0.25, 0.3) is 0 Å². The predicted molar refractivity (Wildman–Crippen MR) is 35.7 cm³/mol. The normalized spacial score (nSPS) is 9.56. The first-order valence-corrected chi connectivity index (χ1v) is 2.93. The summed E-state index contributed by atoms with van der Waals surface area (Å²) in [4.78, 5) is 10.6. The number of rotatable bonds is 0. The molecule has 1 aromatic heterocycles. The second-order valence-electron chi connectivity index (χ2n) is 1.72. The summed E-state index contributed by atoms with van der Waals surface area (Å²) >= 11 is 5.58. The van der Waals surface area contributed by atoms with Gasteiger partial charge in [-0.25, -0.2) is 0 Å². The molecule has 9 heavy (non-hydrogen) atoms. The molecule has 0 saturated heterocycles. The van der Waals surface area contributed by atoms with E-state index in [1.165, 1.54) is 11.5 Å². The molecule has 0 N–H and O–H groups in total. The summed E-state index contributed by atoms with van der Waals surface area (Å²) < 4.78 is 1.38. The van der Waals surface area contributed by atoms with E-state index in [1.807, 2.05) is 0 Å². The lowest BCUT2D eigenvalue weighted by atomic mass is 10.7. The van der Waals surface area contributed by atoms with Crippen LogP contribution in [0.2, 0.25) is 5.15 Å². The second kappa shape index (κ2) is 2.23. The topological polar surface area (TPSA) is 22.0 Å². The molecule has 1 heterocycles. The zero-order chi connectivity index (χ0) is 6.85. The smallest absolute Gasteiger partial charge is 0.228 e. The van der Waals surface area contributed by atoms with Crippen molar-refractivity contribution in [1.82, 2.24) is 4.57 Å². The number of aromatic nitrogens is 1. The Morgan fingerprint density at radius 1 is 1.78 bits per heavy atom. The van der Waals surface area contributed by atoms with Crippen molar-refractivity contribution < 1.29 is 4.79 Å². The van der Waals surface area contributed by atoms with Crippen LogP contribution in [0.15, 0.2) is 18.3 Å². The van der Waals surface area contributed by atoms with Crippen molar-refractivity contribution in [1.29, 1.82) is 0 Å². The summed E-state index contributed by atoms with van der Waals surface area (Å²) in [6, 6.07) is 3.40. The molecule has 1 aromatic rings. The van der Waals surface area contributed by atoms with E-state index < -0.39 is 0 Å². The van der Waals surface area contributed by atoms with Crippen LogP contribution in [-0.2, 0) is 0 Å². The Labute approximate surface area is 58.0 Å². The zero-order valence-corrected chi connectivity index (χ0v) is 5.72. The van der Waals surface area contributed by atoms with Gasteiger partial charge in [0.1, 0.15) is 5.15 Å². The number of carbonyl (C=O) groups excluding carboxylic acids is 1. The summed E-state index contributed by atoms with van der Waals surface area (Å²) in [5.41, 5.74) is 0. The molecule has 0 bridgehead atoms. The third-order valence-electron chi connectivity index (χ3n) is 1.04. The SMILES string of the molecule is CC(=O)n1cccc1Cl. The molecule has 0 radical (unpaired) electrons. The first kappa shape index (κ1) is 6.36. The minimum Gasteiger partial charge on any atom is -0.278 e. The van der Waals surface area contributed by atoms with E-state index in [1.54, 1.807) is 18.3 Å². The largest absolute Gasteiger partial charge is 0.278 e. The Hall–Kier alpha value is -0.760. The lowest BCUT2D eigenvalue weighted by Crippen LogP contribution is -2.02. The van der Waals surface area contributed by atoms with Crippen molar-refractivity contribution >= 4 is 17.5 Å². The third-order valence-corrected chi connectivity index (χ3v) is 1.35. The molecule has 0 aliphatic carbocycles. The highest BCUT2D eigenvalue weighted by Gasteiger charge is 1.98. The standard InChI is InChI=1S/C6H6ClNO/c1-5(9)8-4-2-3-6(8)7/h2-4H,1H3. The van der Waals surface area contributed by atoms with Crippen molar-refractivity contribution in [2.75, 3.05) is 0 Å². The fraction of sp³-hybridized carbons (Fsp3) is 0.167. The summed E-state index contributed by atoms with van der Waals surface area (Å²) in [6.07, 6.45) is 1.63. The molecule has 0 fully saturated rings. The van der Waals surface area contributed by atoms with Gasteiger partial charge >= 0.3 is 0 Å². The Morgan fingerprint density at radius 3 is 2.67 bits per heavy atom. The molecule has 0 unspecified atom stereocenters. The van der Waals surface area contributed by atoms with Gasteiger partial charge in [-0.3, -0.25) is 9.36 Å². The van der Waals surface area contributed by atoms with Gasteiger partial charge in [0.2, 0.25) is 5.91 Å². The lowest BCUT2D eigenvalue weighted by Gasteiger charge is -1.94. The van der Waals surface area contributed by atoms with E-state index >= 15 is 0 Å². The first-order valence-electron chi connectivity index (χ1n) is 2.55. The summed E-state index contributed by atoms with van der Waals surface area (Å²) in [5.74, 6) is -0.0648. The van der Waals surface area contributed by atoms with Gasteiger partial charge < -0.3 is 0 Å². The van der Waals surface area contributed by atoms with E-state index in [9.17, 15) is 4.79 Å². The molecular weight excluding hydrogens is 138 g/mol. The summed E-state index contributed by atoms with van der Waals surface area (Å²) in [6.45, 7) is 1.46. The fourth-order valence-corrected chi connectivity index (χ4v) is 0.863. The molecule has 1 rings (SSSR count). The van der Waals surface area contributed by atoms with Gasteiger partial charge in [0, 0.05) is 13.1 Å². The van der Waals surface area contributed by atoms with Crippen LogP contribution in [0.4, 0.5) is 0 Å². The van der Waals surface area contributed by atoms with Crippen molar-refractivity contribution in [3.05, 3.63) is 23.5 Å². The molecule has 0 aliphatic heterocycles. The minimum atomic E-state index is -0.0648. The van der Waals surface area contributed by atoms with Crippen LogP contribution in [0.1, 0.15) is 11.7 Å². The van der Waals surface area contributed by atoms with Crippen LogP contribution >= 0.6 is 11.6 Å². The van der Waals surface area contributed by atoms with Gasteiger partial charge in [-0.2, -0.15) is 0 Å². The maximum atomic E-state index is 10.6. The molecule has 0 saturated carbocycles. The fourth-order valence-electron chi connectivity index (χ4n) is 0.615. The Kier molecular flexibility index (Phi) is 1.58. The molecule has 0 aromatic carbocycles. The molecule has 0 atom stereocenters. The third kappa shape index (κ3) is 1.13. The number of hydrogen-bond donors (Lipinski definition) is 0. The van der Waals surface area contributed by atoms with Crippen LogP contribution in [0.5, 0.6) is 0 Å². The number of carbonyl (C=O) groups is 1. The van der Waals surface area contributed by atoms with Crippen LogP contribution in [0, 0.1) is 0 Å². The van der Waals surface area contributed by atoms with Crippen molar-refractivity contribution in [2.45, 2.75) is 6.92 Å². The van der Waals surface area contributed by atoms with Gasteiger partial charge in [0.05, 0.1) is 0 Å². The number of halogens is 1. The molecular formula is C6H6ClNO. The van der Waals surface area contributed by atoms with E-state index in [4.69, 9.17) is 11.6 Å². The second-order valence-corrected chi connectivity index (χ2v) is 2.11. The highest BCUT2D eigenvalue weighted by atomic mass is 35.5. The molecule has 0 spiro atoms. The van der Waals surface area contributed by atoms with Crippen molar-refractivity contribution in [3.8, 4) is 0 Å². The van der Waals surface area contributed by atoms with Gasteiger partial charge in [-0.05, 0) is 12.1 Å². The molecule has 48 valence electrons. The minimum absolute atomic E-state index is 0.0648. The van der Waals surface area contributed by atoms with Crippen LogP contribution in [-0.4, -0.2) is 10.5 Å². The first-order chi connectivity index (χ1) is 4.22. The summed E-state index contributed by atoms with van der Waals surface area (Å²) in [7, 11) is 0. The molecule has 3 heteroatoms. The average Bonchev–Trinajstić information content (AvgIpc) is 2.13. The zero-order valence-electron chi connectivity index (χ0n) is 4.97. The highest BCUT2D eigenvalue weighted by molar-refractivity contribution is 6.30. The van der Waals surface area contributed by atoms with Gasteiger partial charge in [-0.1, -0.05) is 11.6 Å². The van der Waals surface area contributed by atoms with E-state index in [0.717, 1.165) is 0 Å². The maximum absolute atomic E-state index is 10.6. The number of nitrogens with zero attached hydrogens (tertiary/aromatic N) is 1. The summed E-state index contributed by atoms with van der Waals surface area (Å²) in [5, 5.41) is 0.461. The lowest BCUT2D eigenvalue weighted by molar-refractivity contribution is 0.0937. The van der Waals surface area contributed by atoms with Crippen LogP contribution in [0.3, 0.4) is 0 Å². The van der Waals surface area contributed by atoms with E-state index in [2.05, 4.69) is 0 Å². The van der Waals surface area contributed by atoms with Gasteiger partial charge in [0.25, 0.3) is 0 Å². The molecule has 0 aliphatic rings. The highest BCUT2D eigenvalue weighted by Crippen LogP contribution is 2.07. The van der Waals surface area contributed by atoms with E-state index in [0.29, 0.717) is 5.15 Å². The average molecular weight is 144 g/mol. The van der Waals surface area contributed by atoms with E-state index in [-0.39, 0.29) is 5.91 Å². The monoisotopic (exact) mass is 143 g/mol. The number of hydrogen-bond acceptors (Lipinski definition) is 1. The Bertz CT molecular complexity index is 229. The Morgan fingerprint density at radius 2 is 2.44 bits per heavy atom. The van der Waals surface area contributed by atoms with Gasteiger partial charge in [-0.15, -0.1) is 0 Å². The van der Waals surface area contributed by atoms with Gasteiger partial charge in [0.15, 0.2) is 0 Å².